The van der Waals surface area contributed by atoms with Crippen LogP contribution in [0.25, 0.3) is 0 Å². The lowest BCUT2D eigenvalue weighted by molar-refractivity contribution is -0.127. The summed E-state index contributed by atoms with van der Waals surface area (Å²) < 4.78 is 5.08. The van der Waals surface area contributed by atoms with Crippen LogP contribution in [0.15, 0.2) is 53.1 Å². The fraction of sp³-hybridized carbons (Fsp3) is 0.250. The molecule has 1 atom stereocenters. The van der Waals surface area contributed by atoms with Gasteiger partial charge >= 0.3 is 0 Å². The Morgan fingerprint density at radius 2 is 1.82 bits per heavy atom. The number of rotatable bonds is 7. The van der Waals surface area contributed by atoms with Gasteiger partial charge in [-0.2, -0.15) is 0 Å². The van der Waals surface area contributed by atoms with Gasteiger partial charge in [-0.3, -0.25) is 9.59 Å². The highest BCUT2D eigenvalue weighted by Crippen LogP contribution is 2.15. The number of aliphatic hydroxyl groups excluding tert-OH is 1. The monoisotopic (exact) mass is 302 g/mol. The summed E-state index contributed by atoms with van der Waals surface area (Å²) in [5, 5.41) is 15.0. The Balaban J connectivity index is 1.67. The fourth-order valence-electron chi connectivity index (χ4n) is 1.88. The number of carbonyl (C=O) groups is 2. The van der Waals surface area contributed by atoms with Crippen molar-refractivity contribution < 1.29 is 19.1 Å². The minimum atomic E-state index is -0.882. The van der Waals surface area contributed by atoms with Crippen molar-refractivity contribution in [2.24, 2.45) is 0 Å². The van der Waals surface area contributed by atoms with Crippen LogP contribution in [-0.2, 0) is 16.1 Å². The molecule has 0 fully saturated rings. The zero-order chi connectivity index (χ0) is 15.8. The number of hydrogen-bond acceptors (Lipinski definition) is 4. The molecular weight excluding hydrogens is 284 g/mol. The highest BCUT2D eigenvalue weighted by Gasteiger charge is 2.13. The van der Waals surface area contributed by atoms with Crippen LogP contribution in [0.4, 0.5) is 0 Å². The first-order valence-electron chi connectivity index (χ1n) is 6.94. The standard InChI is InChI=1S/C16H18N2O4/c19-14(12-5-2-1-3-6-12)9-15(20)18-11-16(21)17-10-13-7-4-8-22-13/h1-8,14,19H,9-11H2,(H,17,21)(H,18,20). The molecule has 6 heteroatoms. The fourth-order valence-corrected chi connectivity index (χ4v) is 1.88. The van der Waals surface area contributed by atoms with Gasteiger partial charge in [-0.15, -0.1) is 0 Å². The van der Waals surface area contributed by atoms with E-state index in [4.69, 9.17) is 4.42 Å². The maximum absolute atomic E-state index is 11.7. The first-order valence-corrected chi connectivity index (χ1v) is 6.94. The lowest BCUT2D eigenvalue weighted by Gasteiger charge is -2.11. The molecule has 1 aromatic heterocycles. The number of benzene rings is 1. The predicted molar refractivity (Wildman–Crippen MR) is 79.6 cm³/mol. The molecule has 0 aliphatic heterocycles. The normalized spacial score (nSPS) is 11.7. The van der Waals surface area contributed by atoms with E-state index in [1.807, 2.05) is 6.07 Å². The molecule has 0 bridgehead atoms. The SMILES string of the molecule is O=C(CNC(=O)CC(O)c1ccccc1)NCc1ccco1. The Labute approximate surface area is 128 Å². The molecule has 2 amide bonds. The van der Waals surface area contributed by atoms with Crippen LogP contribution in [-0.4, -0.2) is 23.5 Å². The molecule has 6 nitrogen and oxygen atoms in total. The molecule has 0 spiro atoms. The second kappa shape index (κ2) is 7.99. The van der Waals surface area contributed by atoms with Gasteiger partial charge in [0.2, 0.25) is 11.8 Å². The van der Waals surface area contributed by atoms with E-state index in [-0.39, 0.29) is 31.3 Å². The number of aliphatic hydroxyl groups is 1. The van der Waals surface area contributed by atoms with Crippen molar-refractivity contribution in [1.82, 2.24) is 10.6 Å². The smallest absolute Gasteiger partial charge is 0.239 e. The molecule has 0 radical (unpaired) electrons. The lowest BCUT2D eigenvalue weighted by atomic mass is 10.1. The highest BCUT2D eigenvalue weighted by molar-refractivity contribution is 5.84. The van der Waals surface area contributed by atoms with E-state index >= 15 is 0 Å². The van der Waals surface area contributed by atoms with Crippen LogP contribution in [0, 0.1) is 0 Å². The van der Waals surface area contributed by atoms with Crippen LogP contribution in [0.3, 0.4) is 0 Å². The minimum absolute atomic E-state index is 0.0878. The molecule has 1 unspecified atom stereocenters. The van der Waals surface area contributed by atoms with Gasteiger partial charge < -0.3 is 20.2 Å². The van der Waals surface area contributed by atoms with Gasteiger partial charge in [-0.1, -0.05) is 30.3 Å². The summed E-state index contributed by atoms with van der Waals surface area (Å²) in [6, 6.07) is 12.4. The molecule has 0 saturated heterocycles. The first kappa shape index (κ1) is 15.8. The van der Waals surface area contributed by atoms with Crippen molar-refractivity contribution in [3.8, 4) is 0 Å². The number of nitrogens with one attached hydrogen (secondary N) is 2. The zero-order valence-corrected chi connectivity index (χ0v) is 12.0. The molecule has 0 saturated carbocycles. The summed E-state index contributed by atoms with van der Waals surface area (Å²) in [4.78, 5) is 23.3. The molecular formula is C16H18N2O4. The first-order chi connectivity index (χ1) is 10.6. The van der Waals surface area contributed by atoms with E-state index in [0.29, 0.717) is 11.3 Å². The van der Waals surface area contributed by atoms with Crippen molar-refractivity contribution in [3.63, 3.8) is 0 Å². The van der Waals surface area contributed by atoms with Crippen LogP contribution in [0.1, 0.15) is 23.8 Å². The Bertz CT molecular complexity index is 596. The quantitative estimate of drug-likeness (QED) is 0.715. The van der Waals surface area contributed by atoms with Gasteiger partial charge in [0.1, 0.15) is 5.76 Å². The van der Waals surface area contributed by atoms with E-state index in [1.54, 1.807) is 36.4 Å². The summed E-state index contributed by atoms with van der Waals surface area (Å²) in [6.07, 6.45) is 0.552. The van der Waals surface area contributed by atoms with Gasteiger partial charge in [0.25, 0.3) is 0 Å². The van der Waals surface area contributed by atoms with Crippen LogP contribution in [0.2, 0.25) is 0 Å². The van der Waals surface area contributed by atoms with E-state index < -0.39 is 6.10 Å². The van der Waals surface area contributed by atoms with E-state index in [1.165, 1.54) is 6.26 Å². The van der Waals surface area contributed by atoms with E-state index in [0.717, 1.165) is 0 Å². The molecule has 0 aliphatic rings. The topological polar surface area (TPSA) is 91.6 Å². The zero-order valence-electron chi connectivity index (χ0n) is 12.0. The van der Waals surface area contributed by atoms with Crippen LogP contribution < -0.4 is 10.6 Å². The number of hydrogen-bond donors (Lipinski definition) is 3. The third-order valence-electron chi connectivity index (χ3n) is 3.05. The predicted octanol–water partition coefficient (Wildman–Crippen LogP) is 1.14. The Morgan fingerprint density at radius 3 is 2.50 bits per heavy atom. The summed E-state index contributed by atoms with van der Waals surface area (Å²) in [6.45, 7) is 0.134. The van der Waals surface area contributed by atoms with Crippen molar-refractivity contribution in [2.45, 2.75) is 19.1 Å². The van der Waals surface area contributed by atoms with Gasteiger partial charge in [-0.05, 0) is 17.7 Å². The molecule has 1 aromatic carbocycles. The average Bonchev–Trinajstić information content (AvgIpc) is 3.05. The number of carbonyl (C=O) groups excluding carboxylic acids is 2. The summed E-state index contributed by atoms with van der Waals surface area (Å²) >= 11 is 0. The van der Waals surface area contributed by atoms with Crippen LogP contribution in [0.5, 0.6) is 0 Å². The second-order valence-electron chi connectivity index (χ2n) is 4.76. The van der Waals surface area contributed by atoms with Crippen molar-refractivity contribution in [3.05, 3.63) is 60.1 Å². The van der Waals surface area contributed by atoms with Crippen molar-refractivity contribution in [1.29, 1.82) is 0 Å². The molecule has 3 N–H and O–H groups in total. The minimum Gasteiger partial charge on any atom is -0.467 e. The van der Waals surface area contributed by atoms with Gasteiger partial charge in [0.15, 0.2) is 0 Å². The third-order valence-corrected chi connectivity index (χ3v) is 3.05. The lowest BCUT2D eigenvalue weighted by Crippen LogP contribution is -2.37. The Hall–Kier alpha value is -2.60. The molecule has 2 aromatic rings. The number of amides is 2. The van der Waals surface area contributed by atoms with E-state index in [9.17, 15) is 14.7 Å². The van der Waals surface area contributed by atoms with E-state index in [2.05, 4.69) is 10.6 Å². The van der Waals surface area contributed by atoms with Crippen LogP contribution >= 0.6 is 0 Å². The number of furan rings is 1. The molecule has 2 rings (SSSR count). The average molecular weight is 302 g/mol. The Morgan fingerprint density at radius 1 is 1.05 bits per heavy atom. The summed E-state index contributed by atoms with van der Waals surface area (Å²) in [7, 11) is 0. The second-order valence-corrected chi connectivity index (χ2v) is 4.76. The van der Waals surface area contributed by atoms with Gasteiger partial charge in [0, 0.05) is 0 Å². The molecule has 116 valence electrons. The molecule has 22 heavy (non-hydrogen) atoms. The maximum Gasteiger partial charge on any atom is 0.239 e. The van der Waals surface area contributed by atoms with Gasteiger partial charge in [0.05, 0.1) is 31.9 Å². The molecule has 1 heterocycles. The maximum atomic E-state index is 11.7. The van der Waals surface area contributed by atoms with Crippen molar-refractivity contribution >= 4 is 11.8 Å². The summed E-state index contributed by atoms with van der Waals surface area (Å²) in [5.41, 5.74) is 0.667. The third kappa shape index (κ3) is 5.06. The van der Waals surface area contributed by atoms with Gasteiger partial charge in [-0.25, -0.2) is 0 Å². The van der Waals surface area contributed by atoms with Crippen molar-refractivity contribution in [2.75, 3.05) is 6.54 Å². The summed E-state index contributed by atoms with van der Waals surface area (Å²) in [5.74, 6) is -0.0670. The highest BCUT2D eigenvalue weighted by atomic mass is 16.3. The largest absolute Gasteiger partial charge is 0.467 e. The Kier molecular flexibility index (Phi) is 5.73. The molecule has 0 aliphatic carbocycles.